The van der Waals surface area contributed by atoms with Gasteiger partial charge >= 0.3 is 0 Å². The number of likely N-dealkylation sites (N-methyl/N-ethyl adjacent to an activating group) is 2. The van der Waals surface area contributed by atoms with Crippen LogP contribution < -0.4 is 10.6 Å². The molecule has 0 fully saturated rings. The largest absolute Gasteiger partial charge is 0.335 e. The Labute approximate surface area is 182 Å². The van der Waals surface area contributed by atoms with Crippen LogP contribution in [0.15, 0.2) is 48.5 Å². The van der Waals surface area contributed by atoms with Crippen LogP contribution in [-0.2, 0) is 14.4 Å². The van der Waals surface area contributed by atoms with Crippen LogP contribution in [-0.4, -0.2) is 60.7 Å². The summed E-state index contributed by atoms with van der Waals surface area (Å²) >= 11 is 6.05. The van der Waals surface area contributed by atoms with Gasteiger partial charge in [-0.1, -0.05) is 41.4 Å². The third kappa shape index (κ3) is 6.86. The van der Waals surface area contributed by atoms with Crippen molar-refractivity contribution in [3.63, 3.8) is 0 Å². The van der Waals surface area contributed by atoms with Gasteiger partial charge in [-0.2, -0.15) is 0 Å². The van der Waals surface area contributed by atoms with Crippen LogP contribution in [0.4, 0.5) is 11.4 Å². The number of hydrogen-bond acceptors (Lipinski definition) is 4. The summed E-state index contributed by atoms with van der Waals surface area (Å²) in [4.78, 5) is 40.1. The summed E-state index contributed by atoms with van der Waals surface area (Å²) in [6, 6.07) is 13.8. The molecule has 0 saturated carbocycles. The number of nitrogens with one attached hydrogen (secondary N) is 2. The Morgan fingerprint density at radius 2 is 1.53 bits per heavy atom. The number of nitrogens with zero attached hydrogens (tertiary/aromatic N) is 2. The number of benzene rings is 2. The number of aryl methyl sites for hydroxylation is 1. The minimum atomic E-state index is -0.584. The molecular weight excluding hydrogens is 404 g/mol. The number of para-hydroxylation sites is 1. The number of anilines is 2. The molecule has 2 aromatic rings. The molecule has 0 aromatic heterocycles. The van der Waals surface area contributed by atoms with Crippen molar-refractivity contribution in [1.82, 2.24) is 9.80 Å². The number of rotatable bonds is 8. The first-order valence-corrected chi connectivity index (χ1v) is 9.91. The third-order valence-electron chi connectivity index (χ3n) is 4.65. The average Bonchev–Trinajstić information content (AvgIpc) is 2.70. The summed E-state index contributed by atoms with van der Waals surface area (Å²) in [5, 5.41) is 5.93. The maximum atomic E-state index is 12.7. The third-order valence-corrected chi connectivity index (χ3v) is 4.98. The van der Waals surface area contributed by atoms with Crippen molar-refractivity contribution in [2.45, 2.75) is 19.9 Å². The Morgan fingerprint density at radius 3 is 2.17 bits per heavy atom. The Kier molecular flexibility index (Phi) is 8.38. The zero-order chi connectivity index (χ0) is 22.3. The second-order valence-electron chi connectivity index (χ2n) is 7.23. The predicted molar refractivity (Wildman–Crippen MR) is 120 cm³/mol. The maximum absolute atomic E-state index is 12.7. The summed E-state index contributed by atoms with van der Waals surface area (Å²) < 4.78 is 0. The summed E-state index contributed by atoms with van der Waals surface area (Å²) in [7, 11) is 3.24. The monoisotopic (exact) mass is 430 g/mol. The van der Waals surface area contributed by atoms with Crippen molar-refractivity contribution in [1.29, 1.82) is 0 Å². The summed E-state index contributed by atoms with van der Waals surface area (Å²) in [6.07, 6.45) is 0. The second kappa shape index (κ2) is 10.8. The lowest BCUT2D eigenvalue weighted by molar-refractivity contribution is -0.137. The van der Waals surface area contributed by atoms with Crippen LogP contribution in [0.25, 0.3) is 0 Å². The molecule has 0 spiro atoms. The van der Waals surface area contributed by atoms with Crippen LogP contribution in [0.2, 0.25) is 5.02 Å². The van der Waals surface area contributed by atoms with Gasteiger partial charge in [-0.25, -0.2) is 0 Å². The Bertz CT molecular complexity index is 902. The fraction of sp³-hybridized carbons (Fsp3) is 0.318. The highest BCUT2D eigenvalue weighted by Crippen LogP contribution is 2.20. The molecule has 0 radical (unpaired) electrons. The lowest BCUT2D eigenvalue weighted by atomic mass is 10.2. The zero-order valence-corrected chi connectivity index (χ0v) is 18.4. The van der Waals surface area contributed by atoms with Crippen molar-refractivity contribution in [2.24, 2.45) is 0 Å². The first-order chi connectivity index (χ1) is 14.2. The normalized spacial score (nSPS) is 11.7. The molecule has 8 heteroatoms. The van der Waals surface area contributed by atoms with Gasteiger partial charge in [0.1, 0.15) is 0 Å². The molecule has 2 N–H and O–H groups in total. The van der Waals surface area contributed by atoms with E-state index in [9.17, 15) is 14.4 Å². The van der Waals surface area contributed by atoms with E-state index in [4.69, 9.17) is 11.6 Å². The van der Waals surface area contributed by atoms with E-state index >= 15 is 0 Å². The molecule has 1 unspecified atom stereocenters. The first-order valence-electron chi connectivity index (χ1n) is 9.53. The minimum Gasteiger partial charge on any atom is -0.335 e. The summed E-state index contributed by atoms with van der Waals surface area (Å²) in [5.41, 5.74) is 2.28. The molecule has 2 rings (SSSR count). The van der Waals surface area contributed by atoms with Gasteiger partial charge in [0, 0.05) is 12.7 Å². The highest BCUT2D eigenvalue weighted by molar-refractivity contribution is 6.33. The van der Waals surface area contributed by atoms with Gasteiger partial charge in [-0.3, -0.25) is 19.3 Å². The smallest absolute Gasteiger partial charge is 0.243 e. The molecule has 0 heterocycles. The molecule has 3 amide bonds. The maximum Gasteiger partial charge on any atom is 0.243 e. The molecule has 0 aliphatic rings. The van der Waals surface area contributed by atoms with Gasteiger partial charge in [0.15, 0.2) is 0 Å². The highest BCUT2D eigenvalue weighted by Gasteiger charge is 2.24. The topological polar surface area (TPSA) is 81.8 Å². The van der Waals surface area contributed by atoms with Gasteiger partial charge in [-0.05, 0) is 45.2 Å². The fourth-order valence-electron chi connectivity index (χ4n) is 2.75. The first kappa shape index (κ1) is 23.4. The van der Waals surface area contributed by atoms with Crippen molar-refractivity contribution < 1.29 is 14.4 Å². The standard InChI is InChI=1S/C22H27ClN4O3/c1-15-9-11-17(12-10-15)24-20(28)14-27(4)22(30)16(2)26(3)13-21(29)25-19-8-6-5-7-18(19)23/h5-12,16H,13-14H2,1-4H3,(H,24,28)(H,25,29). The molecule has 0 saturated heterocycles. The fourth-order valence-corrected chi connectivity index (χ4v) is 2.94. The minimum absolute atomic E-state index is 0.00152. The Balaban J connectivity index is 1.85. The lowest BCUT2D eigenvalue weighted by Crippen LogP contribution is -2.48. The van der Waals surface area contributed by atoms with Crippen molar-refractivity contribution in [2.75, 3.05) is 37.8 Å². The average molecular weight is 431 g/mol. The van der Waals surface area contributed by atoms with E-state index in [-0.39, 0.29) is 30.8 Å². The van der Waals surface area contributed by atoms with E-state index in [2.05, 4.69) is 10.6 Å². The molecular formula is C22H27ClN4O3. The van der Waals surface area contributed by atoms with Crippen LogP contribution in [0.5, 0.6) is 0 Å². The molecule has 7 nitrogen and oxygen atoms in total. The molecule has 160 valence electrons. The Hall–Kier alpha value is -2.90. The number of halogens is 1. The van der Waals surface area contributed by atoms with Crippen LogP contribution in [0.3, 0.4) is 0 Å². The van der Waals surface area contributed by atoms with Gasteiger partial charge < -0.3 is 15.5 Å². The molecule has 30 heavy (non-hydrogen) atoms. The summed E-state index contributed by atoms with van der Waals surface area (Å²) in [5.74, 6) is -0.840. The van der Waals surface area contributed by atoms with Gasteiger partial charge in [0.25, 0.3) is 0 Å². The SMILES string of the molecule is Cc1ccc(NC(=O)CN(C)C(=O)C(C)N(C)CC(=O)Nc2ccccc2Cl)cc1. The summed E-state index contributed by atoms with van der Waals surface area (Å²) in [6.45, 7) is 3.57. The molecule has 1 atom stereocenters. The molecule has 0 aliphatic carbocycles. The second-order valence-corrected chi connectivity index (χ2v) is 7.63. The van der Waals surface area contributed by atoms with Crippen LogP contribution in [0, 0.1) is 6.92 Å². The van der Waals surface area contributed by atoms with Gasteiger partial charge in [0.05, 0.1) is 29.8 Å². The van der Waals surface area contributed by atoms with E-state index < -0.39 is 6.04 Å². The van der Waals surface area contributed by atoms with E-state index in [1.807, 2.05) is 31.2 Å². The van der Waals surface area contributed by atoms with Crippen molar-refractivity contribution >= 4 is 40.7 Å². The van der Waals surface area contributed by atoms with E-state index in [1.165, 1.54) is 4.90 Å². The van der Waals surface area contributed by atoms with Crippen LogP contribution in [0.1, 0.15) is 12.5 Å². The number of hydrogen-bond donors (Lipinski definition) is 2. The lowest BCUT2D eigenvalue weighted by Gasteiger charge is -2.27. The number of carbonyl (C=O) groups is 3. The predicted octanol–water partition coefficient (Wildman–Crippen LogP) is 3.00. The molecule has 0 bridgehead atoms. The zero-order valence-electron chi connectivity index (χ0n) is 17.6. The molecule has 0 aliphatic heterocycles. The van der Waals surface area contributed by atoms with Crippen LogP contribution >= 0.6 is 11.6 Å². The van der Waals surface area contributed by atoms with Gasteiger partial charge in [-0.15, -0.1) is 0 Å². The van der Waals surface area contributed by atoms with Crippen molar-refractivity contribution in [3.8, 4) is 0 Å². The quantitative estimate of drug-likeness (QED) is 0.674. The number of amides is 3. The van der Waals surface area contributed by atoms with E-state index in [0.29, 0.717) is 16.4 Å². The van der Waals surface area contributed by atoms with E-state index in [0.717, 1.165) is 5.56 Å². The van der Waals surface area contributed by atoms with E-state index in [1.54, 1.807) is 50.2 Å². The van der Waals surface area contributed by atoms with Gasteiger partial charge in [0.2, 0.25) is 17.7 Å². The number of carbonyl (C=O) groups excluding carboxylic acids is 3. The van der Waals surface area contributed by atoms with Crippen molar-refractivity contribution in [3.05, 3.63) is 59.1 Å². The molecule has 2 aromatic carbocycles. The highest BCUT2D eigenvalue weighted by atomic mass is 35.5. The Morgan fingerprint density at radius 1 is 0.933 bits per heavy atom.